The lowest BCUT2D eigenvalue weighted by molar-refractivity contribution is -0.150. The summed E-state index contributed by atoms with van der Waals surface area (Å²) in [4.78, 5) is 10.7. The van der Waals surface area contributed by atoms with Gasteiger partial charge in [0.25, 0.3) is 0 Å². The third-order valence-corrected chi connectivity index (χ3v) is 3.57. The second-order valence-electron chi connectivity index (χ2n) is 4.25. The van der Waals surface area contributed by atoms with Crippen LogP contribution in [0.15, 0.2) is 0 Å². The number of carboxylic acid groups (broad SMARTS) is 1. The predicted molar refractivity (Wildman–Crippen MR) is 55.8 cm³/mol. The van der Waals surface area contributed by atoms with Gasteiger partial charge in [-0.15, -0.1) is 0 Å². The topological polar surface area (TPSA) is 72.8 Å². The molecular weight excluding hydrogens is 219 g/mol. The quantitative estimate of drug-likeness (QED) is 0.743. The number of carboxylic acids is 1. The molecule has 0 unspecified atom stereocenters. The van der Waals surface area contributed by atoms with E-state index < -0.39 is 31.6 Å². The zero-order valence-corrected chi connectivity index (χ0v) is 10.1. The number of aliphatic carboxylic acids is 1. The average Bonchev–Trinajstić information content (AvgIpc) is 2.42. The molecule has 1 aliphatic rings. The summed E-state index contributed by atoms with van der Waals surface area (Å²) < 4.78 is 21.9. The van der Waals surface area contributed by atoms with Crippen LogP contribution < -0.4 is 0 Å². The van der Waals surface area contributed by atoms with Crippen molar-refractivity contribution in [3.05, 3.63) is 0 Å². The monoisotopic (exact) mass is 236 g/mol. The van der Waals surface area contributed by atoms with Crippen molar-refractivity contribution in [2.75, 3.05) is 19.5 Å². The summed E-state index contributed by atoms with van der Waals surface area (Å²) in [5, 5.41) is 8.77. The molecule has 0 spiro atoms. The predicted octanol–water partition coefficient (Wildman–Crippen LogP) is 1.21. The Balaban J connectivity index is 2.42. The van der Waals surface area contributed by atoms with E-state index in [1.807, 2.05) is 0 Å². The van der Waals surface area contributed by atoms with Crippen LogP contribution in [0.1, 0.15) is 13.3 Å². The van der Waals surface area contributed by atoms with Crippen molar-refractivity contribution in [2.24, 2.45) is 0 Å². The molecule has 1 aliphatic heterocycles. The number of hydrogen-bond acceptors (Lipinski definition) is 4. The fourth-order valence-corrected chi connectivity index (χ4v) is 2.26. The lowest BCUT2D eigenvalue weighted by atomic mass is 10.2. The Morgan fingerprint density at radius 3 is 2.40 bits per heavy atom. The molecule has 0 aromatic rings. The number of carbonyl (C=O) groups is 1. The normalized spacial score (nSPS) is 31.8. The number of hydrogen-bond donors (Lipinski definition) is 1. The highest BCUT2D eigenvalue weighted by Crippen LogP contribution is 2.38. The molecule has 1 heterocycles. The highest BCUT2D eigenvalue weighted by molar-refractivity contribution is 7.62. The summed E-state index contributed by atoms with van der Waals surface area (Å²) in [5.74, 6) is -1.01. The van der Waals surface area contributed by atoms with Crippen LogP contribution in [0.3, 0.4) is 0 Å². The van der Waals surface area contributed by atoms with Gasteiger partial charge in [0.15, 0.2) is 12.4 Å². The minimum absolute atomic E-state index is 0.444. The van der Waals surface area contributed by atoms with E-state index in [1.54, 1.807) is 20.3 Å². The van der Waals surface area contributed by atoms with Gasteiger partial charge in [-0.05, 0) is 20.3 Å². The Labute approximate surface area is 89.1 Å². The van der Waals surface area contributed by atoms with E-state index in [1.165, 1.54) is 0 Å². The molecule has 0 radical (unpaired) electrons. The molecule has 1 N–H and O–H groups in total. The highest BCUT2D eigenvalue weighted by Gasteiger charge is 2.38. The number of ether oxygens (including phenoxy) is 2. The maximum absolute atomic E-state index is 11.4. The molecule has 0 amide bonds. The van der Waals surface area contributed by atoms with Crippen LogP contribution in [-0.4, -0.2) is 49.1 Å². The molecule has 88 valence electrons. The molecule has 0 saturated carbocycles. The van der Waals surface area contributed by atoms with E-state index in [9.17, 15) is 9.36 Å². The molecule has 5 nitrogen and oxygen atoms in total. The highest BCUT2D eigenvalue weighted by atomic mass is 31.2. The van der Waals surface area contributed by atoms with Gasteiger partial charge >= 0.3 is 5.97 Å². The van der Waals surface area contributed by atoms with Crippen LogP contribution in [0.5, 0.6) is 0 Å². The van der Waals surface area contributed by atoms with Crippen LogP contribution in [0.4, 0.5) is 0 Å². The first-order valence-electron chi connectivity index (χ1n) is 4.87. The van der Waals surface area contributed by atoms with Gasteiger partial charge < -0.3 is 19.1 Å². The van der Waals surface area contributed by atoms with Crippen molar-refractivity contribution in [1.82, 2.24) is 0 Å². The Bertz CT molecular complexity index is 284. The van der Waals surface area contributed by atoms with Crippen LogP contribution in [0.2, 0.25) is 0 Å². The van der Waals surface area contributed by atoms with Crippen molar-refractivity contribution in [3.8, 4) is 0 Å². The van der Waals surface area contributed by atoms with Gasteiger partial charge in [-0.25, -0.2) is 4.79 Å². The molecule has 6 heteroatoms. The van der Waals surface area contributed by atoms with E-state index in [-0.39, 0.29) is 0 Å². The van der Waals surface area contributed by atoms with E-state index >= 15 is 0 Å². The van der Waals surface area contributed by atoms with Crippen LogP contribution in [-0.2, 0) is 18.8 Å². The van der Waals surface area contributed by atoms with Gasteiger partial charge in [0.1, 0.15) is 0 Å². The fraction of sp³-hybridized carbons (Fsp3) is 0.889. The van der Waals surface area contributed by atoms with Gasteiger partial charge in [-0.3, -0.25) is 0 Å². The molecular formula is C9H17O5P. The van der Waals surface area contributed by atoms with Crippen LogP contribution in [0.25, 0.3) is 0 Å². The Morgan fingerprint density at radius 2 is 2.00 bits per heavy atom. The number of rotatable bonds is 4. The molecule has 1 fully saturated rings. The first kappa shape index (κ1) is 12.7. The summed E-state index contributed by atoms with van der Waals surface area (Å²) in [6.07, 6.45) is -0.882. The first-order valence-corrected chi connectivity index (χ1v) is 7.66. The van der Waals surface area contributed by atoms with Gasteiger partial charge in [0.05, 0.1) is 13.2 Å². The lowest BCUT2D eigenvalue weighted by Crippen LogP contribution is -2.28. The van der Waals surface area contributed by atoms with E-state index in [0.29, 0.717) is 12.6 Å². The van der Waals surface area contributed by atoms with Gasteiger partial charge in [-0.2, -0.15) is 0 Å². The summed E-state index contributed by atoms with van der Waals surface area (Å²) in [5.41, 5.74) is 0. The summed E-state index contributed by atoms with van der Waals surface area (Å²) in [6, 6.07) is 0. The molecule has 0 aliphatic carbocycles. The zero-order valence-electron chi connectivity index (χ0n) is 9.17. The van der Waals surface area contributed by atoms with Crippen molar-refractivity contribution in [3.63, 3.8) is 0 Å². The van der Waals surface area contributed by atoms with E-state index in [2.05, 4.69) is 0 Å². The molecule has 0 bridgehead atoms. The molecule has 0 aromatic heterocycles. The van der Waals surface area contributed by atoms with Crippen molar-refractivity contribution >= 4 is 13.1 Å². The molecule has 0 aromatic carbocycles. The maximum Gasteiger partial charge on any atom is 0.335 e. The smallest absolute Gasteiger partial charge is 0.335 e. The van der Waals surface area contributed by atoms with Crippen molar-refractivity contribution < 1.29 is 23.9 Å². The Hall–Kier alpha value is -0.380. The fourth-order valence-electron chi connectivity index (χ4n) is 1.43. The van der Waals surface area contributed by atoms with Crippen molar-refractivity contribution in [2.45, 2.75) is 31.8 Å². The van der Waals surface area contributed by atoms with Crippen LogP contribution >= 0.6 is 7.14 Å². The largest absolute Gasteiger partial charge is 0.479 e. The molecule has 1 saturated heterocycles. The third-order valence-electron chi connectivity index (χ3n) is 2.24. The zero-order chi connectivity index (χ0) is 11.6. The maximum atomic E-state index is 11.4. The summed E-state index contributed by atoms with van der Waals surface area (Å²) >= 11 is 0. The lowest BCUT2D eigenvalue weighted by Gasteiger charge is -2.11. The summed E-state index contributed by atoms with van der Waals surface area (Å²) in [6.45, 7) is 5.05. The molecule has 15 heavy (non-hydrogen) atoms. The SMILES string of the molecule is C[C@H]1O[C@H](CCP(C)(C)=O)O[C@@H]1C(=O)O. The average molecular weight is 236 g/mol. The van der Waals surface area contributed by atoms with E-state index in [0.717, 1.165) is 0 Å². The van der Waals surface area contributed by atoms with Gasteiger partial charge in [0, 0.05) is 12.6 Å². The first-order chi connectivity index (χ1) is 6.79. The second kappa shape index (κ2) is 4.64. The Morgan fingerprint density at radius 1 is 1.40 bits per heavy atom. The second-order valence-corrected chi connectivity index (χ2v) is 7.85. The van der Waals surface area contributed by atoms with Gasteiger partial charge in [-0.1, -0.05) is 0 Å². The standard InChI is InChI=1S/C9H17O5P/c1-6-8(9(10)11)14-7(13-6)4-5-15(2,3)12/h6-8H,4-5H2,1-3H3,(H,10,11)/t6-,7+,8+/m1/s1. The minimum Gasteiger partial charge on any atom is -0.479 e. The summed E-state index contributed by atoms with van der Waals surface area (Å²) in [7, 11) is -2.09. The molecule has 3 atom stereocenters. The van der Waals surface area contributed by atoms with E-state index in [4.69, 9.17) is 14.6 Å². The molecule has 1 rings (SSSR count). The minimum atomic E-state index is -2.09. The third kappa shape index (κ3) is 3.93. The van der Waals surface area contributed by atoms with Crippen molar-refractivity contribution in [1.29, 1.82) is 0 Å². The van der Waals surface area contributed by atoms with Gasteiger partial charge in [0.2, 0.25) is 0 Å². The Kier molecular flexibility index (Phi) is 3.93. The van der Waals surface area contributed by atoms with Crippen LogP contribution in [0, 0.1) is 0 Å².